The van der Waals surface area contributed by atoms with Gasteiger partial charge in [-0.05, 0) is 19.3 Å². The summed E-state index contributed by atoms with van der Waals surface area (Å²) in [4.78, 5) is 25.3. The van der Waals surface area contributed by atoms with Crippen molar-refractivity contribution in [2.24, 2.45) is 11.7 Å². The molecule has 3 unspecified atom stereocenters. The van der Waals surface area contributed by atoms with Gasteiger partial charge in [0.1, 0.15) is 0 Å². The van der Waals surface area contributed by atoms with Gasteiger partial charge >= 0.3 is 6.03 Å². The third kappa shape index (κ3) is 4.38. The number of nitrogens with zero attached hydrogens (tertiary/aromatic N) is 1. The summed E-state index contributed by atoms with van der Waals surface area (Å²) < 4.78 is 0. The quantitative estimate of drug-likeness (QED) is 0.670. The summed E-state index contributed by atoms with van der Waals surface area (Å²) in [6.07, 6.45) is 1.67. The Labute approximate surface area is 115 Å². The lowest BCUT2D eigenvalue weighted by atomic mass is 9.99. The Morgan fingerprint density at radius 2 is 2.11 bits per heavy atom. The van der Waals surface area contributed by atoms with E-state index < -0.39 is 6.04 Å². The van der Waals surface area contributed by atoms with E-state index >= 15 is 0 Å². The number of amides is 3. The first-order valence-corrected chi connectivity index (χ1v) is 7.08. The summed E-state index contributed by atoms with van der Waals surface area (Å²) in [6.45, 7) is 7.73. The second kappa shape index (κ2) is 7.33. The molecule has 3 atom stereocenters. The Hall–Kier alpha value is -1.30. The Balaban J connectivity index is 2.39. The van der Waals surface area contributed by atoms with Crippen molar-refractivity contribution >= 4 is 11.9 Å². The zero-order chi connectivity index (χ0) is 14.4. The molecule has 1 rings (SSSR count). The third-order valence-electron chi connectivity index (χ3n) is 3.71. The van der Waals surface area contributed by atoms with Crippen LogP contribution >= 0.6 is 0 Å². The van der Waals surface area contributed by atoms with Crippen molar-refractivity contribution in [1.29, 1.82) is 0 Å². The SMILES string of the molecule is CCNC(=O)N1CCC(NC(=O)C(N)C(C)CC)C1. The zero-order valence-electron chi connectivity index (χ0n) is 12.1. The van der Waals surface area contributed by atoms with Gasteiger partial charge in [0.2, 0.25) is 5.91 Å². The van der Waals surface area contributed by atoms with Crippen LogP contribution in [0.25, 0.3) is 0 Å². The van der Waals surface area contributed by atoms with E-state index in [9.17, 15) is 9.59 Å². The maximum absolute atomic E-state index is 11.9. The summed E-state index contributed by atoms with van der Waals surface area (Å²) >= 11 is 0. The maximum Gasteiger partial charge on any atom is 0.317 e. The Kier molecular flexibility index (Phi) is 6.08. The molecule has 1 aliphatic heterocycles. The van der Waals surface area contributed by atoms with Gasteiger partial charge in [-0.3, -0.25) is 4.79 Å². The lowest BCUT2D eigenvalue weighted by molar-refractivity contribution is -0.124. The molecule has 0 spiro atoms. The van der Waals surface area contributed by atoms with E-state index in [2.05, 4.69) is 10.6 Å². The van der Waals surface area contributed by atoms with Gasteiger partial charge in [0.15, 0.2) is 0 Å². The van der Waals surface area contributed by atoms with Gasteiger partial charge in [-0.2, -0.15) is 0 Å². The Morgan fingerprint density at radius 3 is 2.68 bits per heavy atom. The summed E-state index contributed by atoms with van der Waals surface area (Å²) in [7, 11) is 0. The van der Waals surface area contributed by atoms with E-state index in [1.807, 2.05) is 20.8 Å². The van der Waals surface area contributed by atoms with Crippen molar-refractivity contribution in [2.45, 2.75) is 45.7 Å². The molecule has 19 heavy (non-hydrogen) atoms. The largest absolute Gasteiger partial charge is 0.350 e. The molecule has 0 aliphatic carbocycles. The number of rotatable bonds is 5. The summed E-state index contributed by atoms with van der Waals surface area (Å²) in [6, 6.07) is -0.515. The van der Waals surface area contributed by atoms with Crippen LogP contribution in [0.1, 0.15) is 33.6 Å². The third-order valence-corrected chi connectivity index (χ3v) is 3.71. The molecule has 0 aromatic heterocycles. The molecular weight excluding hydrogens is 244 g/mol. The summed E-state index contributed by atoms with van der Waals surface area (Å²) in [5.41, 5.74) is 5.89. The average Bonchev–Trinajstić information content (AvgIpc) is 2.85. The van der Waals surface area contributed by atoms with Gasteiger partial charge in [0, 0.05) is 25.7 Å². The van der Waals surface area contributed by atoms with Crippen LogP contribution in [0, 0.1) is 5.92 Å². The first kappa shape index (κ1) is 15.8. The van der Waals surface area contributed by atoms with Gasteiger partial charge in [0.05, 0.1) is 6.04 Å². The van der Waals surface area contributed by atoms with Crippen molar-refractivity contribution in [3.63, 3.8) is 0 Å². The first-order chi connectivity index (χ1) is 8.99. The number of hydrogen-bond donors (Lipinski definition) is 3. The molecule has 1 fully saturated rings. The minimum atomic E-state index is -0.469. The molecule has 0 aromatic rings. The smallest absolute Gasteiger partial charge is 0.317 e. The van der Waals surface area contributed by atoms with Crippen LogP contribution in [0.3, 0.4) is 0 Å². The zero-order valence-corrected chi connectivity index (χ0v) is 12.1. The first-order valence-electron chi connectivity index (χ1n) is 7.08. The van der Waals surface area contributed by atoms with Crippen molar-refractivity contribution in [3.05, 3.63) is 0 Å². The molecule has 6 heteroatoms. The van der Waals surface area contributed by atoms with E-state index in [1.165, 1.54) is 0 Å². The van der Waals surface area contributed by atoms with E-state index in [-0.39, 0.29) is 23.9 Å². The number of carbonyl (C=O) groups is 2. The molecule has 6 nitrogen and oxygen atoms in total. The molecule has 4 N–H and O–H groups in total. The topological polar surface area (TPSA) is 87.5 Å². The molecule has 0 radical (unpaired) electrons. The maximum atomic E-state index is 11.9. The normalized spacial score (nSPS) is 21.9. The minimum absolute atomic E-state index is 0.0187. The van der Waals surface area contributed by atoms with Crippen molar-refractivity contribution in [3.8, 4) is 0 Å². The number of nitrogens with two attached hydrogens (primary N) is 1. The van der Waals surface area contributed by atoms with E-state index in [0.29, 0.717) is 19.6 Å². The van der Waals surface area contributed by atoms with Gasteiger partial charge in [0.25, 0.3) is 0 Å². The highest BCUT2D eigenvalue weighted by molar-refractivity contribution is 5.82. The summed E-state index contributed by atoms with van der Waals surface area (Å²) in [5.74, 6) is 0.0537. The standard InChI is InChI=1S/C13H26N4O2/c1-4-9(3)11(14)12(18)16-10-6-7-17(8-10)13(19)15-5-2/h9-11H,4-8,14H2,1-3H3,(H,15,19)(H,16,18). The number of hydrogen-bond acceptors (Lipinski definition) is 3. The molecule has 0 aromatic carbocycles. The van der Waals surface area contributed by atoms with Gasteiger partial charge in [-0.15, -0.1) is 0 Å². The molecule has 1 saturated heterocycles. The number of urea groups is 1. The molecule has 3 amide bonds. The minimum Gasteiger partial charge on any atom is -0.350 e. The highest BCUT2D eigenvalue weighted by Crippen LogP contribution is 2.11. The van der Waals surface area contributed by atoms with E-state index in [1.54, 1.807) is 4.90 Å². The van der Waals surface area contributed by atoms with Crippen LogP contribution < -0.4 is 16.4 Å². The van der Waals surface area contributed by atoms with Gasteiger partial charge < -0.3 is 21.3 Å². The highest BCUT2D eigenvalue weighted by atomic mass is 16.2. The van der Waals surface area contributed by atoms with Crippen LogP contribution in [0.15, 0.2) is 0 Å². The van der Waals surface area contributed by atoms with Crippen LogP contribution in [0.2, 0.25) is 0 Å². The number of likely N-dealkylation sites (tertiary alicyclic amines) is 1. The molecule has 1 heterocycles. The average molecular weight is 270 g/mol. The fourth-order valence-electron chi connectivity index (χ4n) is 2.14. The molecule has 110 valence electrons. The van der Waals surface area contributed by atoms with Crippen LogP contribution in [0.5, 0.6) is 0 Å². The van der Waals surface area contributed by atoms with Crippen molar-refractivity contribution < 1.29 is 9.59 Å². The molecule has 0 bridgehead atoms. The number of nitrogens with one attached hydrogen (secondary N) is 2. The van der Waals surface area contributed by atoms with Gasteiger partial charge in [-0.1, -0.05) is 20.3 Å². The van der Waals surface area contributed by atoms with Crippen LogP contribution in [-0.2, 0) is 4.79 Å². The Bertz CT molecular complexity index is 322. The highest BCUT2D eigenvalue weighted by Gasteiger charge is 2.29. The summed E-state index contributed by atoms with van der Waals surface area (Å²) in [5, 5.41) is 5.70. The lowest BCUT2D eigenvalue weighted by Gasteiger charge is -2.21. The van der Waals surface area contributed by atoms with E-state index in [4.69, 9.17) is 5.73 Å². The predicted molar refractivity (Wildman–Crippen MR) is 74.6 cm³/mol. The van der Waals surface area contributed by atoms with Crippen molar-refractivity contribution in [1.82, 2.24) is 15.5 Å². The fraction of sp³-hybridized carbons (Fsp3) is 0.846. The lowest BCUT2D eigenvalue weighted by Crippen LogP contribution is -2.49. The second-order valence-corrected chi connectivity index (χ2v) is 5.19. The van der Waals surface area contributed by atoms with Gasteiger partial charge in [-0.25, -0.2) is 4.79 Å². The van der Waals surface area contributed by atoms with Crippen molar-refractivity contribution in [2.75, 3.05) is 19.6 Å². The monoisotopic (exact) mass is 270 g/mol. The van der Waals surface area contributed by atoms with Crippen LogP contribution in [0.4, 0.5) is 4.79 Å². The number of carbonyl (C=O) groups excluding carboxylic acids is 2. The Morgan fingerprint density at radius 1 is 1.42 bits per heavy atom. The molecule has 1 aliphatic rings. The fourth-order valence-corrected chi connectivity index (χ4v) is 2.14. The van der Waals surface area contributed by atoms with E-state index in [0.717, 1.165) is 12.8 Å². The second-order valence-electron chi connectivity index (χ2n) is 5.19. The predicted octanol–water partition coefficient (Wildman–Crippen LogP) is 0.280. The van der Waals surface area contributed by atoms with Crippen LogP contribution in [-0.4, -0.2) is 48.6 Å². The molecular formula is C13H26N4O2. The molecule has 0 saturated carbocycles.